The van der Waals surface area contributed by atoms with Crippen molar-refractivity contribution in [2.75, 3.05) is 45.3 Å². The second kappa shape index (κ2) is 7.73. The van der Waals surface area contributed by atoms with Crippen molar-refractivity contribution < 1.29 is 17.9 Å². The molecule has 140 valence electrons. The van der Waals surface area contributed by atoms with E-state index in [9.17, 15) is 8.42 Å². The largest absolute Gasteiger partial charge is 0.497 e. The van der Waals surface area contributed by atoms with E-state index in [0.717, 1.165) is 11.4 Å². The molecule has 6 nitrogen and oxygen atoms in total. The summed E-state index contributed by atoms with van der Waals surface area (Å²) in [6.45, 7) is 2.07. The fourth-order valence-electron chi connectivity index (χ4n) is 2.94. The van der Waals surface area contributed by atoms with Crippen molar-refractivity contribution in [2.24, 2.45) is 0 Å². The van der Waals surface area contributed by atoms with Crippen LogP contribution < -0.4 is 14.4 Å². The van der Waals surface area contributed by atoms with Gasteiger partial charge in [0.1, 0.15) is 11.5 Å². The van der Waals surface area contributed by atoms with Gasteiger partial charge in [0.15, 0.2) is 0 Å². The number of anilines is 1. The lowest BCUT2D eigenvalue weighted by Gasteiger charge is -2.35. The Labute approximate surface area is 158 Å². The van der Waals surface area contributed by atoms with Crippen LogP contribution in [0.5, 0.6) is 11.5 Å². The van der Waals surface area contributed by atoms with Crippen LogP contribution in [0.25, 0.3) is 0 Å². The highest BCUT2D eigenvalue weighted by atomic mass is 35.5. The first-order chi connectivity index (χ1) is 12.5. The summed E-state index contributed by atoms with van der Waals surface area (Å²) in [5, 5.41) is 0.283. The molecule has 0 spiro atoms. The van der Waals surface area contributed by atoms with Gasteiger partial charge in [-0.1, -0.05) is 11.6 Å². The zero-order valence-corrected chi connectivity index (χ0v) is 16.3. The van der Waals surface area contributed by atoms with E-state index < -0.39 is 10.0 Å². The maximum atomic E-state index is 12.9. The predicted molar refractivity (Wildman–Crippen MR) is 102 cm³/mol. The summed E-state index contributed by atoms with van der Waals surface area (Å²) in [7, 11) is -0.456. The van der Waals surface area contributed by atoms with Gasteiger partial charge in [0.2, 0.25) is 10.0 Å². The van der Waals surface area contributed by atoms with Crippen molar-refractivity contribution in [2.45, 2.75) is 4.90 Å². The molecule has 26 heavy (non-hydrogen) atoms. The zero-order valence-electron chi connectivity index (χ0n) is 14.7. The van der Waals surface area contributed by atoms with Crippen LogP contribution in [0, 0.1) is 0 Å². The first-order valence-corrected chi connectivity index (χ1v) is 10.00. The summed E-state index contributed by atoms with van der Waals surface area (Å²) >= 11 is 6.08. The molecule has 8 heteroatoms. The van der Waals surface area contributed by atoms with Crippen LogP contribution in [0.3, 0.4) is 0 Å². The molecule has 1 fully saturated rings. The highest BCUT2D eigenvalue weighted by Crippen LogP contribution is 2.29. The molecule has 2 aromatic rings. The molecule has 0 aromatic heterocycles. The van der Waals surface area contributed by atoms with Gasteiger partial charge in [0.05, 0.1) is 24.1 Å². The van der Waals surface area contributed by atoms with Crippen molar-refractivity contribution >= 4 is 27.3 Å². The molecule has 1 heterocycles. The number of piperazine rings is 1. The van der Waals surface area contributed by atoms with Crippen molar-refractivity contribution in [1.29, 1.82) is 0 Å². The Kier molecular flexibility index (Phi) is 5.60. The molecule has 1 aliphatic rings. The van der Waals surface area contributed by atoms with Gasteiger partial charge in [-0.3, -0.25) is 0 Å². The molecular formula is C18H21ClN2O4S. The van der Waals surface area contributed by atoms with Crippen LogP contribution in [-0.2, 0) is 10.0 Å². The highest BCUT2D eigenvalue weighted by molar-refractivity contribution is 7.89. The molecule has 2 aromatic carbocycles. The Hall–Kier alpha value is -1.96. The van der Waals surface area contributed by atoms with Crippen LogP contribution >= 0.6 is 11.6 Å². The molecule has 0 saturated carbocycles. The van der Waals surface area contributed by atoms with E-state index in [2.05, 4.69) is 4.90 Å². The summed E-state index contributed by atoms with van der Waals surface area (Å²) in [6, 6.07) is 12.3. The van der Waals surface area contributed by atoms with E-state index in [1.165, 1.54) is 23.5 Å². The van der Waals surface area contributed by atoms with Crippen molar-refractivity contribution in [3.63, 3.8) is 0 Å². The quantitative estimate of drug-likeness (QED) is 0.777. The number of nitrogens with zero attached hydrogens (tertiary/aromatic N) is 2. The molecule has 0 amide bonds. The highest BCUT2D eigenvalue weighted by Gasteiger charge is 2.29. The standard InChI is InChI=1S/C18H21ClN2O4S/c1-24-15-5-3-14(4-6-15)20-9-11-21(12-10-20)26(22,23)16-7-8-18(25-2)17(19)13-16/h3-8,13H,9-12H2,1-2H3. The van der Waals surface area contributed by atoms with Crippen molar-refractivity contribution in [3.8, 4) is 11.5 Å². The van der Waals surface area contributed by atoms with E-state index in [4.69, 9.17) is 21.1 Å². The Balaban J connectivity index is 1.71. The van der Waals surface area contributed by atoms with E-state index >= 15 is 0 Å². The minimum atomic E-state index is -3.58. The minimum absolute atomic E-state index is 0.182. The van der Waals surface area contributed by atoms with Crippen molar-refractivity contribution in [1.82, 2.24) is 4.31 Å². The number of benzene rings is 2. The van der Waals surface area contributed by atoms with E-state index in [1.807, 2.05) is 24.3 Å². The van der Waals surface area contributed by atoms with E-state index in [0.29, 0.717) is 31.9 Å². The maximum absolute atomic E-state index is 12.9. The molecule has 0 aliphatic carbocycles. The SMILES string of the molecule is COc1ccc(N2CCN(S(=O)(=O)c3ccc(OC)c(Cl)c3)CC2)cc1. The lowest BCUT2D eigenvalue weighted by Crippen LogP contribution is -2.48. The Bertz CT molecular complexity index is 863. The minimum Gasteiger partial charge on any atom is -0.497 e. The van der Waals surface area contributed by atoms with Gasteiger partial charge < -0.3 is 14.4 Å². The Morgan fingerprint density at radius 3 is 2.12 bits per heavy atom. The molecule has 3 rings (SSSR count). The summed E-state index contributed by atoms with van der Waals surface area (Å²) in [5.41, 5.74) is 1.05. The fraction of sp³-hybridized carbons (Fsp3) is 0.333. The van der Waals surface area contributed by atoms with Gasteiger partial charge in [0, 0.05) is 31.9 Å². The third-order valence-electron chi connectivity index (χ3n) is 4.44. The van der Waals surface area contributed by atoms with Crippen LogP contribution in [0.15, 0.2) is 47.4 Å². The van der Waals surface area contributed by atoms with Gasteiger partial charge in [0.25, 0.3) is 0 Å². The number of sulfonamides is 1. The summed E-state index contributed by atoms with van der Waals surface area (Å²) < 4.78 is 37.5. The normalized spacial score (nSPS) is 15.7. The molecule has 0 radical (unpaired) electrons. The van der Waals surface area contributed by atoms with Gasteiger partial charge >= 0.3 is 0 Å². The number of hydrogen-bond acceptors (Lipinski definition) is 5. The first-order valence-electron chi connectivity index (χ1n) is 8.18. The number of rotatable bonds is 5. The summed E-state index contributed by atoms with van der Waals surface area (Å²) in [4.78, 5) is 2.34. The number of ether oxygens (including phenoxy) is 2. The van der Waals surface area contributed by atoms with Gasteiger partial charge in [-0.05, 0) is 42.5 Å². The monoisotopic (exact) mass is 396 g/mol. The van der Waals surface area contributed by atoms with Crippen LogP contribution in [-0.4, -0.2) is 53.1 Å². The molecule has 1 aliphatic heterocycles. The Morgan fingerprint density at radius 2 is 1.58 bits per heavy atom. The van der Waals surface area contributed by atoms with Crippen LogP contribution in [0.4, 0.5) is 5.69 Å². The van der Waals surface area contributed by atoms with Gasteiger partial charge in [-0.2, -0.15) is 4.31 Å². The predicted octanol–water partition coefficient (Wildman–Crippen LogP) is 2.87. The molecule has 0 N–H and O–H groups in total. The summed E-state index contributed by atoms with van der Waals surface area (Å²) in [5.74, 6) is 1.25. The average molecular weight is 397 g/mol. The number of hydrogen-bond donors (Lipinski definition) is 0. The van der Waals surface area contributed by atoms with E-state index in [-0.39, 0.29) is 9.92 Å². The lowest BCUT2D eigenvalue weighted by molar-refractivity contribution is 0.384. The molecule has 0 unspecified atom stereocenters. The summed E-state index contributed by atoms with van der Waals surface area (Å²) in [6.07, 6.45) is 0. The third-order valence-corrected chi connectivity index (χ3v) is 6.63. The second-order valence-electron chi connectivity index (χ2n) is 5.89. The topological polar surface area (TPSA) is 59.1 Å². The Morgan fingerprint density at radius 1 is 0.923 bits per heavy atom. The number of halogens is 1. The smallest absolute Gasteiger partial charge is 0.243 e. The first kappa shape index (κ1) is 18.8. The van der Waals surface area contributed by atoms with Crippen molar-refractivity contribution in [3.05, 3.63) is 47.5 Å². The molecule has 0 bridgehead atoms. The fourth-order valence-corrected chi connectivity index (χ4v) is 4.71. The van der Waals surface area contributed by atoms with Crippen LogP contribution in [0.1, 0.15) is 0 Å². The second-order valence-corrected chi connectivity index (χ2v) is 8.23. The number of methoxy groups -OCH3 is 2. The maximum Gasteiger partial charge on any atom is 0.243 e. The third kappa shape index (κ3) is 3.75. The van der Waals surface area contributed by atoms with Gasteiger partial charge in [-0.15, -0.1) is 0 Å². The average Bonchev–Trinajstić information content (AvgIpc) is 2.68. The zero-order chi connectivity index (χ0) is 18.7. The lowest BCUT2D eigenvalue weighted by atomic mass is 10.2. The van der Waals surface area contributed by atoms with Gasteiger partial charge in [-0.25, -0.2) is 8.42 Å². The molecule has 0 atom stereocenters. The van der Waals surface area contributed by atoms with E-state index in [1.54, 1.807) is 13.2 Å². The molecular weight excluding hydrogens is 376 g/mol. The van der Waals surface area contributed by atoms with Crippen LogP contribution in [0.2, 0.25) is 5.02 Å². The molecule has 1 saturated heterocycles.